The lowest BCUT2D eigenvalue weighted by Gasteiger charge is -2.37. The number of nitrogens with zero attached hydrogens (tertiary/aromatic N) is 4. The summed E-state index contributed by atoms with van der Waals surface area (Å²) in [6, 6.07) is 0.472. The number of imidazole rings is 1. The number of rotatable bonds is 5. The Labute approximate surface area is 139 Å². The summed E-state index contributed by atoms with van der Waals surface area (Å²) in [6.45, 7) is 8.29. The van der Waals surface area contributed by atoms with Crippen LogP contribution in [0.15, 0.2) is 6.20 Å². The molecule has 0 unspecified atom stereocenters. The van der Waals surface area contributed by atoms with Gasteiger partial charge in [0.1, 0.15) is 0 Å². The van der Waals surface area contributed by atoms with E-state index >= 15 is 0 Å². The van der Waals surface area contributed by atoms with Gasteiger partial charge in [-0.25, -0.2) is 9.50 Å². The molecular weight excluding hydrogens is 314 g/mol. The Bertz CT molecular complexity index is 614. The molecule has 23 heavy (non-hydrogen) atoms. The second kappa shape index (κ2) is 6.72. The van der Waals surface area contributed by atoms with Crippen LogP contribution >= 0.6 is 11.3 Å². The Morgan fingerprint density at radius 1 is 1.35 bits per heavy atom. The molecule has 0 radical (unpaired) electrons. The van der Waals surface area contributed by atoms with Crippen LogP contribution in [0, 0.1) is 12.8 Å². The van der Waals surface area contributed by atoms with Crippen LogP contribution in [-0.2, 0) is 9.47 Å². The molecular formula is C15H23N5O2S. The van der Waals surface area contributed by atoms with Crippen molar-refractivity contribution in [3.63, 3.8) is 0 Å². The molecule has 2 atom stereocenters. The fourth-order valence-corrected chi connectivity index (χ4v) is 4.27. The maximum atomic E-state index is 5.62. The summed E-state index contributed by atoms with van der Waals surface area (Å²) in [7, 11) is 0. The van der Waals surface area contributed by atoms with Crippen molar-refractivity contribution in [3.8, 4) is 0 Å². The van der Waals surface area contributed by atoms with Gasteiger partial charge in [0.25, 0.3) is 0 Å². The molecule has 2 aromatic rings. The predicted octanol–water partition coefficient (Wildman–Crippen LogP) is 1.25. The minimum absolute atomic E-state index is 0.472. The fraction of sp³-hybridized carbons (Fsp3) is 0.733. The first-order valence-corrected chi connectivity index (χ1v) is 9.07. The van der Waals surface area contributed by atoms with E-state index in [1.807, 2.05) is 17.6 Å². The Morgan fingerprint density at radius 2 is 2.22 bits per heavy atom. The van der Waals surface area contributed by atoms with Gasteiger partial charge >= 0.3 is 0 Å². The molecule has 2 aromatic heterocycles. The number of aromatic nitrogens is 3. The molecule has 1 N–H and O–H groups in total. The molecule has 8 heteroatoms. The molecule has 0 saturated carbocycles. The van der Waals surface area contributed by atoms with E-state index in [9.17, 15) is 0 Å². The third-order valence-corrected chi connectivity index (χ3v) is 5.53. The molecule has 4 heterocycles. The van der Waals surface area contributed by atoms with Gasteiger partial charge in [0.2, 0.25) is 10.1 Å². The number of anilines is 1. The number of hydrogen-bond acceptors (Lipinski definition) is 7. The number of morpholine rings is 1. The average molecular weight is 337 g/mol. The smallest absolute Gasteiger partial charge is 0.214 e. The second-order valence-corrected chi connectivity index (χ2v) is 7.19. The number of hydrogen-bond donors (Lipinski definition) is 1. The van der Waals surface area contributed by atoms with E-state index < -0.39 is 0 Å². The largest absolute Gasteiger partial charge is 0.381 e. The Hall–Kier alpha value is -1.22. The van der Waals surface area contributed by atoms with Crippen molar-refractivity contribution < 1.29 is 9.47 Å². The van der Waals surface area contributed by atoms with Crippen molar-refractivity contribution in [2.75, 3.05) is 51.4 Å². The minimum Gasteiger partial charge on any atom is -0.381 e. The van der Waals surface area contributed by atoms with Gasteiger partial charge < -0.3 is 14.8 Å². The monoisotopic (exact) mass is 337 g/mol. The minimum atomic E-state index is 0.472. The molecule has 0 aromatic carbocycles. The van der Waals surface area contributed by atoms with Crippen molar-refractivity contribution in [3.05, 3.63) is 11.9 Å². The highest BCUT2D eigenvalue weighted by Crippen LogP contribution is 2.24. The molecule has 2 aliphatic rings. The van der Waals surface area contributed by atoms with Gasteiger partial charge in [0.15, 0.2) is 0 Å². The molecule has 2 fully saturated rings. The Balaban J connectivity index is 1.44. The molecule has 7 nitrogen and oxygen atoms in total. The highest BCUT2D eigenvalue weighted by molar-refractivity contribution is 7.20. The molecule has 0 spiro atoms. The van der Waals surface area contributed by atoms with Gasteiger partial charge in [-0.15, -0.1) is 5.10 Å². The van der Waals surface area contributed by atoms with Crippen LogP contribution in [0.1, 0.15) is 12.1 Å². The van der Waals surface area contributed by atoms with Gasteiger partial charge in [0.05, 0.1) is 31.7 Å². The molecule has 0 bridgehead atoms. The Morgan fingerprint density at radius 3 is 2.96 bits per heavy atom. The van der Waals surface area contributed by atoms with Crippen LogP contribution < -0.4 is 5.32 Å². The SMILES string of the molecule is Cc1cn2nc(NC[C@H]([C@@H]3CCOC3)N3CCOCC3)sc2n1. The van der Waals surface area contributed by atoms with Gasteiger partial charge in [-0.1, -0.05) is 11.3 Å². The quantitative estimate of drug-likeness (QED) is 0.886. The first kappa shape index (κ1) is 15.3. The highest BCUT2D eigenvalue weighted by Gasteiger charge is 2.31. The van der Waals surface area contributed by atoms with Gasteiger partial charge in [-0.05, 0) is 13.3 Å². The van der Waals surface area contributed by atoms with Gasteiger partial charge in [0, 0.05) is 38.2 Å². The summed E-state index contributed by atoms with van der Waals surface area (Å²) < 4.78 is 13.0. The van der Waals surface area contributed by atoms with E-state index in [0.717, 1.165) is 68.3 Å². The molecule has 0 aliphatic carbocycles. The summed E-state index contributed by atoms with van der Waals surface area (Å²) in [5.41, 5.74) is 1.00. The van der Waals surface area contributed by atoms with Crippen molar-refractivity contribution >= 4 is 21.4 Å². The summed E-state index contributed by atoms with van der Waals surface area (Å²) >= 11 is 1.60. The van der Waals surface area contributed by atoms with Crippen molar-refractivity contribution in [2.45, 2.75) is 19.4 Å². The van der Waals surface area contributed by atoms with E-state index in [1.165, 1.54) is 0 Å². The number of fused-ring (bicyclic) bond motifs is 1. The van der Waals surface area contributed by atoms with Crippen LogP contribution in [0.4, 0.5) is 5.13 Å². The lowest BCUT2D eigenvalue weighted by atomic mass is 9.97. The predicted molar refractivity (Wildman–Crippen MR) is 89.2 cm³/mol. The van der Waals surface area contributed by atoms with Crippen molar-refractivity contribution in [1.82, 2.24) is 19.5 Å². The van der Waals surface area contributed by atoms with E-state index in [4.69, 9.17) is 9.47 Å². The van der Waals surface area contributed by atoms with Crippen molar-refractivity contribution in [1.29, 1.82) is 0 Å². The molecule has 2 saturated heterocycles. The van der Waals surface area contributed by atoms with E-state index in [0.29, 0.717) is 12.0 Å². The van der Waals surface area contributed by atoms with E-state index in [-0.39, 0.29) is 0 Å². The summed E-state index contributed by atoms with van der Waals surface area (Å²) in [5, 5.41) is 9.02. The van der Waals surface area contributed by atoms with E-state index in [1.54, 1.807) is 11.3 Å². The van der Waals surface area contributed by atoms with E-state index in [2.05, 4.69) is 20.3 Å². The molecule has 2 aliphatic heterocycles. The number of aryl methyl sites for hydroxylation is 1. The number of nitrogens with one attached hydrogen (secondary N) is 1. The molecule has 126 valence electrons. The summed E-state index contributed by atoms with van der Waals surface area (Å²) in [5.74, 6) is 0.590. The average Bonchev–Trinajstić information content (AvgIpc) is 3.25. The zero-order valence-corrected chi connectivity index (χ0v) is 14.2. The normalized spacial score (nSPS) is 24.3. The first-order valence-electron chi connectivity index (χ1n) is 8.26. The zero-order chi connectivity index (χ0) is 15.6. The maximum absolute atomic E-state index is 5.62. The second-order valence-electron chi connectivity index (χ2n) is 6.24. The highest BCUT2D eigenvalue weighted by atomic mass is 32.1. The standard InChI is InChI=1S/C15H23N5O2S/c1-11-9-20-15(17-11)23-14(18-20)16-8-13(12-2-5-22-10-12)19-3-6-21-7-4-19/h9,12-13H,2-8,10H2,1H3,(H,16,18)/t12-,13-/m1/s1. The Kier molecular flexibility index (Phi) is 4.48. The van der Waals surface area contributed by atoms with Gasteiger partial charge in [-0.2, -0.15) is 0 Å². The van der Waals surface area contributed by atoms with Crippen LogP contribution in [0.3, 0.4) is 0 Å². The maximum Gasteiger partial charge on any atom is 0.214 e. The fourth-order valence-electron chi connectivity index (χ4n) is 3.43. The number of ether oxygens (including phenoxy) is 2. The van der Waals surface area contributed by atoms with Crippen LogP contribution in [-0.4, -0.2) is 71.6 Å². The van der Waals surface area contributed by atoms with Crippen molar-refractivity contribution in [2.24, 2.45) is 5.92 Å². The summed E-state index contributed by atoms with van der Waals surface area (Å²) in [4.78, 5) is 7.94. The third-order valence-electron chi connectivity index (χ3n) is 4.65. The van der Waals surface area contributed by atoms with Gasteiger partial charge in [-0.3, -0.25) is 4.90 Å². The zero-order valence-electron chi connectivity index (χ0n) is 13.4. The lowest BCUT2D eigenvalue weighted by molar-refractivity contribution is 0.00461. The topological polar surface area (TPSA) is 63.9 Å². The first-order chi connectivity index (χ1) is 11.3. The lowest BCUT2D eigenvalue weighted by Crippen LogP contribution is -2.50. The summed E-state index contributed by atoms with van der Waals surface area (Å²) in [6.07, 6.45) is 3.10. The van der Waals surface area contributed by atoms with Crippen LogP contribution in [0.5, 0.6) is 0 Å². The third kappa shape index (κ3) is 3.35. The van der Waals surface area contributed by atoms with Crippen LogP contribution in [0.25, 0.3) is 4.96 Å². The molecule has 4 rings (SSSR count). The molecule has 0 amide bonds. The van der Waals surface area contributed by atoms with Crippen LogP contribution in [0.2, 0.25) is 0 Å².